The summed E-state index contributed by atoms with van der Waals surface area (Å²) in [5, 5.41) is 6.48. The van der Waals surface area contributed by atoms with E-state index in [0.717, 1.165) is 34.3 Å². The molecule has 0 radical (unpaired) electrons. The number of fused-ring (bicyclic) bond motifs is 1. The van der Waals surface area contributed by atoms with Gasteiger partial charge < -0.3 is 10.6 Å². The molecule has 0 bridgehead atoms. The van der Waals surface area contributed by atoms with Crippen LogP contribution in [0, 0.1) is 0 Å². The Kier molecular flexibility index (Phi) is 3.79. The van der Waals surface area contributed by atoms with E-state index in [1.165, 1.54) is 5.56 Å². The van der Waals surface area contributed by atoms with Gasteiger partial charge in [0.2, 0.25) is 0 Å². The highest BCUT2D eigenvalue weighted by atomic mass is 79.9. The topological polar surface area (TPSA) is 41.1 Å². The van der Waals surface area contributed by atoms with E-state index in [1.54, 1.807) is 0 Å². The van der Waals surface area contributed by atoms with Crippen LogP contribution >= 0.6 is 15.9 Å². The Balaban J connectivity index is 1.70. The fourth-order valence-electron chi connectivity index (χ4n) is 3.48. The van der Waals surface area contributed by atoms with E-state index in [0.29, 0.717) is 5.92 Å². The molecule has 23 heavy (non-hydrogen) atoms. The molecule has 0 aromatic heterocycles. The Morgan fingerprint density at radius 2 is 1.96 bits per heavy atom. The lowest BCUT2D eigenvalue weighted by Gasteiger charge is -2.17. The van der Waals surface area contributed by atoms with Gasteiger partial charge in [0.1, 0.15) is 0 Å². The third-order valence-electron chi connectivity index (χ3n) is 4.61. The largest absolute Gasteiger partial charge is 0.321 e. The lowest BCUT2D eigenvalue weighted by molar-refractivity contribution is -0.110. The van der Waals surface area contributed by atoms with E-state index >= 15 is 0 Å². The van der Waals surface area contributed by atoms with E-state index in [4.69, 9.17) is 0 Å². The molecular weight excluding hydrogens is 352 g/mol. The zero-order valence-corrected chi connectivity index (χ0v) is 14.1. The zero-order valence-electron chi connectivity index (χ0n) is 12.6. The minimum atomic E-state index is -0.0152. The Hall–Kier alpha value is -1.91. The lowest BCUT2D eigenvalue weighted by atomic mass is 9.90. The summed E-state index contributed by atoms with van der Waals surface area (Å²) in [6.45, 7) is 0.973. The Labute approximate surface area is 143 Å². The number of halogens is 1. The van der Waals surface area contributed by atoms with Crippen LogP contribution in [0.25, 0.3) is 5.57 Å². The molecule has 2 aliphatic rings. The molecule has 1 saturated heterocycles. The summed E-state index contributed by atoms with van der Waals surface area (Å²) in [6, 6.07) is 16.6. The number of nitrogens with one attached hydrogen (secondary N) is 2. The van der Waals surface area contributed by atoms with Crippen molar-refractivity contribution in [2.24, 2.45) is 0 Å². The molecule has 4 heteroatoms. The summed E-state index contributed by atoms with van der Waals surface area (Å²) in [5.74, 6) is 0.395. The van der Waals surface area contributed by atoms with Gasteiger partial charge in [0.05, 0.1) is 0 Å². The molecular formula is C19H17BrN2O. The summed E-state index contributed by atoms with van der Waals surface area (Å²) in [5.41, 5.74) is 3.96. The first-order chi connectivity index (χ1) is 11.2. The summed E-state index contributed by atoms with van der Waals surface area (Å²) in [4.78, 5) is 12.4. The van der Waals surface area contributed by atoms with Crippen molar-refractivity contribution >= 4 is 33.1 Å². The van der Waals surface area contributed by atoms with Gasteiger partial charge in [-0.1, -0.05) is 52.3 Å². The van der Waals surface area contributed by atoms with Crippen molar-refractivity contribution in [1.82, 2.24) is 5.32 Å². The first-order valence-electron chi connectivity index (χ1n) is 7.84. The highest BCUT2D eigenvalue weighted by molar-refractivity contribution is 9.10. The van der Waals surface area contributed by atoms with Crippen LogP contribution in [0.5, 0.6) is 0 Å². The average molecular weight is 369 g/mol. The molecule has 1 amide bonds. The molecule has 0 aliphatic carbocycles. The predicted molar refractivity (Wildman–Crippen MR) is 96.3 cm³/mol. The molecule has 2 atom stereocenters. The molecule has 3 nitrogen and oxygen atoms in total. The van der Waals surface area contributed by atoms with E-state index < -0.39 is 0 Å². The third kappa shape index (κ3) is 2.73. The minimum Gasteiger partial charge on any atom is -0.321 e. The maximum Gasteiger partial charge on any atom is 0.256 e. The fraction of sp³-hybridized carbons (Fsp3) is 0.211. The number of benzene rings is 2. The van der Waals surface area contributed by atoms with Gasteiger partial charge in [-0.05, 0) is 36.7 Å². The van der Waals surface area contributed by atoms with Crippen LogP contribution in [-0.2, 0) is 4.79 Å². The van der Waals surface area contributed by atoms with Gasteiger partial charge in [-0.3, -0.25) is 4.79 Å². The summed E-state index contributed by atoms with van der Waals surface area (Å²) >= 11 is 3.49. The number of carbonyl (C=O) groups excluding carboxylic acids is 1. The maximum absolute atomic E-state index is 12.4. The second-order valence-electron chi connectivity index (χ2n) is 6.01. The number of anilines is 1. The van der Waals surface area contributed by atoms with Crippen molar-refractivity contribution in [2.75, 3.05) is 11.9 Å². The molecule has 2 aromatic rings. The second kappa shape index (κ2) is 5.95. The van der Waals surface area contributed by atoms with Gasteiger partial charge in [0, 0.05) is 33.3 Å². The van der Waals surface area contributed by atoms with Crippen LogP contribution in [-0.4, -0.2) is 18.5 Å². The molecule has 4 rings (SSSR count). The number of amides is 1. The molecule has 2 N–H and O–H groups in total. The monoisotopic (exact) mass is 368 g/mol. The van der Waals surface area contributed by atoms with Crippen molar-refractivity contribution in [3.63, 3.8) is 0 Å². The van der Waals surface area contributed by atoms with Gasteiger partial charge in [0.25, 0.3) is 5.91 Å². The third-order valence-corrected chi connectivity index (χ3v) is 5.10. The number of carbonyl (C=O) groups is 1. The van der Waals surface area contributed by atoms with Gasteiger partial charge in [-0.2, -0.15) is 0 Å². The molecule has 0 saturated carbocycles. The summed E-state index contributed by atoms with van der Waals surface area (Å²) in [6.07, 6.45) is 3.18. The highest BCUT2D eigenvalue weighted by Crippen LogP contribution is 2.36. The van der Waals surface area contributed by atoms with Crippen LogP contribution < -0.4 is 10.6 Å². The zero-order chi connectivity index (χ0) is 15.8. The molecule has 0 spiro atoms. The average Bonchev–Trinajstić information content (AvgIpc) is 3.14. The quantitative estimate of drug-likeness (QED) is 0.788. The Bertz CT molecular complexity index is 785. The number of rotatable bonds is 2. The second-order valence-corrected chi connectivity index (χ2v) is 6.93. The van der Waals surface area contributed by atoms with E-state index in [2.05, 4.69) is 56.9 Å². The number of hydrogen-bond donors (Lipinski definition) is 2. The minimum absolute atomic E-state index is 0.0152. The maximum atomic E-state index is 12.4. The molecule has 2 heterocycles. The van der Waals surface area contributed by atoms with Crippen molar-refractivity contribution in [3.8, 4) is 0 Å². The van der Waals surface area contributed by atoms with Gasteiger partial charge in [-0.15, -0.1) is 0 Å². The Morgan fingerprint density at radius 1 is 1.13 bits per heavy atom. The van der Waals surface area contributed by atoms with Crippen LogP contribution in [0.2, 0.25) is 0 Å². The SMILES string of the molecule is O=C1Nc2ccc(Br)cc2/C1=C/C1NCCC1c1ccccc1. The van der Waals surface area contributed by atoms with Crippen LogP contribution in [0.3, 0.4) is 0 Å². The van der Waals surface area contributed by atoms with Crippen LogP contribution in [0.1, 0.15) is 23.5 Å². The van der Waals surface area contributed by atoms with Crippen molar-refractivity contribution in [3.05, 3.63) is 70.2 Å². The van der Waals surface area contributed by atoms with E-state index in [-0.39, 0.29) is 11.9 Å². The number of hydrogen-bond acceptors (Lipinski definition) is 2. The standard InChI is InChI=1S/C19H17BrN2O/c20-13-6-7-17-15(10-13)16(19(23)22-17)11-18-14(8-9-21-18)12-4-2-1-3-5-12/h1-7,10-11,14,18,21H,8-9H2,(H,22,23)/b16-11-. The normalized spacial score (nSPS) is 24.7. The first-order valence-corrected chi connectivity index (χ1v) is 8.63. The first kappa shape index (κ1) is 14.7. The predicted octanol–water partition coefficient (Wildman–Crippen LogP) is 3.93. The van der Waals surface area contributed by atoms with E-state index in [1.807, 2.05) is 24.3 Å². The van der Waals surface area contributed by atoms with Crippen molar-refractivity contribution in [1.29, 1.82) is 0 Å². The Morgan fingerprint density at radius 3 is 2.78 bits per heavy atom. The lowest BCUT2D eigenvalue weighted by Crippen LogP contribution is -2.24. The summed E-state index contributed by atoms with van der Waals surface area (Å²) < 4.78 is 0.984. The summed E-state index contributed by atoms with van der Waals surface area (Å²) in [7, 11) is 0. The molecule has 2 aromatic carbocycles. The highest BCUT2D eigenvalue weighted by Gasteiger charge is 2.30. The van der Waals surface area contributed by atoms with Crippen LogP contribution in [0.4, 0.5) is 5.69 Å². The molecule has 116 valence electrons. The molecule has 1 fully saturated rings. The van der Waals surface area contributed by atoms with Crippen molar-refractivity contribution in [2.45, 2.75) is 18.4 Å². The van der Waals surface area contributed by atoms with Gasteiger partial charge in [-0.25, -0.2) is 0 Å². The molecule has 2 unspecified atom stereocenters. The van der Waals surface area contributed by atoms with Crippen molar-refractivity contribution < 1.29 is 4.79 Å². The smallest absolute Gasteiger partial charge is 0.256 e. The fourth-order valence-corrected chi connectivity index (χ4v) is 3.84. The van der Waals surface area contributed by atoms with Gasteiger partial charge in [0.15, 0.2) is 0 Å². The van der Waals surface area contributed by atoms with Gasteiger partial charge >= 0.3 is 0 Å². The van der Waals surface area contributed by atoms with E-state index in [9.17, 15) is 4.79 Å². The molecule has 2 aliphatic heterocycles. The van der Waals surface area contributed by atoms with Crippen LogP contribution in [0.15, 0.2) is 59.1 Å².